The molecule has 1 atom stereocenters. The summed E-state index contributed by atoms with van der Waals surface area (Å²) in [7, 11) is 0. The second-order valence-electron chi connectivity index (χ2n) is 2.02. The minimum absolute atomic E-state index is 0.226. The first-order chi connectivity index (χ1) is 6.47. The molecule has 9 heteroatoms. The van der Waals surface area contributed by atoms with Gasteiger partial charge in [0.1, 0.15) is 0 Å². The maximum atomic E-state index is 10.5. The van der Waals surface area contributed by atoms with Gasteiger partial charge in [-0.1, -0.05) is 28.7 Å². The highest BCUT2D eigenvalue weighted by atomic mass is 32.2. The van der Waals surface area contributed by atoms with E-state index >= 15 is 0 Å². The van der Waals surface area contributed by atoms with Crippen molar-refractivity contribution in [3.8, 4) is 0 Å². The van der Waals surface area contributed by atoms with Crippen molar-refractivity contribution in [2.45, 2.75) is 5.25 Å². The Kier molecular flexibility index (Phi) is 5.88. The van der Waals surface area contributed by atoms with Crippen molar-refractivity contribution < 1.29 is 19.9 Å². The summed E-state index contributed by atoms with van der Waals surface area (Å²) in [6.45, 7) is 0. The zero-order valence-electron chi connectivity index (χ0n) is 6.91. The van der Waals surface area contributed by atoms with E-state index in [1.165, 1.54) is 23.5 Å². The minimum atomic E-state index is -1.33. The van der Waals surface area contributed by atoms with Crippen LogP contribution in [0.2, 0.25) is 0 Å². The molecule has 1 saturated heterocycles. The molecule has 1 aliphatic heterocycles. The Hall–Kier alpha value is -1.09. The average molecular weight is 239 g/mol. The Bertz CT molecular complexity index is 253. The summed E-state index contributed by atoms with van der Waals surface area (Å²) in [5.74, 6) is 0.260. The number of amides is 2. The lowest BCUT2D eigenvalue weighted by molar-refractivity contribution is -0.117. The van der Waals surface area contributed by atoms with Crippen molar-refractivity contribution in [2.24, 2.45) is 16.6 Å². The van der Waals surface area contributed by atoms with Crippen LogP contribution in [0, 0.1) is 0 Å². The molecule has 1 heterocycles. The number of primary amides is 2. The number of nitrogens with two attached hydrogens (primary N) is 2. The summed E-state index contributed by atoms with van der Waals surface area (Å²) < 4.78 is 0.517. The minimum Gasteiger partial charge on any atom is -0.465 e. The van der Waals surface area contributed by atoms with Crippen molar-refractivity contribution >= 4 is 39.9 Å². The predicted molar refractivity (Wildman–Crippen MR) is 54.5 cm³/mol. The Morgan fingerprint density at radius 2 is 2.00 bits per heavy atom. The highest BCUT2D eigenvalue weighted by Crippen LogP contribution is 2.32. The van der Waals surface area contributed by atoms with Crippen LogP contribution in [-0.2, 0) is 4.79 Å². The molecule has 1 rings (SSSR count). The topological polar surface area (TPSA) is 139 Å². The SMILES string of the molecule is NC(=O)C1CS/C(=N\O)S1.NC(=O)O. The lowest BCUT2D eigenvalue weighted by Gasteiger charge is -1.96. The third kappa shape index (κ3) is 5.54. The summed E-state index contributed by atoms with van der Waals surface area (Å²) in [6.07, 6.45) is -1.33. The lowest BCUT2D eigenvalue weighted by Crippen LogP contribution is -2.25. The number of hydrogen-bond acceptors (Lipinski definition) is 6. The van der Waals surface area contributed by atoms with Gasteiger partial charge < -0.3 is 21.8 Å². The zero-order valence-corrected chi connectivity index (χ0v) is 8.55. The molecule has 0 bridgehead atoms. The van der Waals surface area contributed by atoms with Crippen LogP contribution in [0.15, 0.2) is 5.16 Å². The predicted octanol–water partition coefficient (Wildman–Crippen LogP) is -0.311. The standard InChI is InChI=1S/C4H6N2O2S2.CH3NO2/c5-3(7)2-1-9-4(6-8)10-2;2-1(3)4/h2,8H,1H2,(H2,5,7);2H2,(H,3,4)/b6-4+;. The first-order valence-corrected chi connectivity index (χ1v) is 5.13. The number of rotatable bonds is 1. The van der Waals surface area contributed by atoms with Gasteiger partial charge in [-0.05, 0) is 0 Å². The van der Waals surface area contributed by atoms with Crippen molar-refractivity contribution in [3.05, 3.63) is 0 Å². The fourth-order valence-corrected chi connectivity index (χ4v) is 2.75. The largest absolute Gasteiger partial charge is 0.465 e. The number of oxime groups is 1. The van der Waals surface area contributed by atoms with Gasteiger partial charge in [0.15, 0.2) is 4.38 Å². The van der Waals surface area contributed by atoms with E-state index < -0.39 is 6.09 Å². The lowest BCUT2D eigenvalue weighted by atomic mass is 10.5. The Labute approximate surface area is 87.9 Å². The number of carboxylic acid groups (broad SMARTS) is 1. The van der Waals surface area contributed by atoms with Gasteiger partial charge in [0, 0.05) is 5.75 Å². The molecule has 80 valence electrons. The molecular formula is C5H9N3O4S2. The molecule has 1 fully saturated rings. The van der Waals surface area contributed by atoms with Gasteiger partial charge in [-0.25, -0.2) is 4.79 Å². The highest BCUT2D eigenvalue weighted by Gasteiger charge is 2.26. The Morgan fingerprint density at radius 3 is 2.21 bits per heavy atom. The third-order valence-corrected chi connectivity index (χ3v) is 3.65. The number of carbonyl (C=O) groups is 2. The van der Waals surface area contributed by atoms with E-state index in [1.807, 2.05) is 0 Å². The molecule has 0 spiro atoms. The smallest absolute Gasteiger partial charge is 0.402 e. The monoisotopic (exact) mass is 239 g/mol. The summed E-state index contributed by atoms with van der Waals surface area (Å²) in [5.41, 5.74) is 9.03. The quantitative estimate of drug-likeness (QED) is 0.365. The normalized spacial score (nSPS) is 22.6. The first-order valence-electron chi connectivity index (χ1n) is 3.26. The van der Waals surface area contributed by atoms with E-state index in [-0.39, 0.29) is 11.2 Å². The van der Waals surface area contributed by atoms with Crippen molar-refractivity contribution in [3.63, 3.8) is 0 Å². The second kappa shape index (κ2) is 6.38. The Morgan fingerprint density at radius 1 is 1.50 bits per heavy atom. The fraction of sp³-hybridized carbons (Fsp3) is 0.400. The highest BCUT2D eigenvalue weighted by molar-refractivity contribution is 8.42. The molecule has 7 nitrogen and oxygen atoms in total. The maximum absolute atomic E-state index is 10.5. The van der Waals surface area contributed by atoms with Gasteiger partial charge in [-0.3, -0.25) is 4.79 Å². The van der Waals surface area contributed by atoms with Crippen LogP contribution in [0.1, 0.15) is 0 Å². The summed E-state index contributed by atoms with van der Waals surface area (Å²) in [5, 5.41) is 18.2. The molecule has 0 radical (unpaired) electrons. The van der Waals surface area contributed by atoms with Crippen LogP contribution in [-0.4, -0.2) is 37.7 Å². The van der Waals surface area contributed by atoms with E-state index in [1.54, 1.807) is 0 Å². The second-order valence-corrected chi connectivity index (χ2v) is 4.48. The van der Waals surface area contributed by atoms with E-state index in [2.05, 4.69) is 10.9 Å². The fourth-order valence-electron chi connectivity index (χ4n) is 0.529. The van der Waals surface area contributed by atoms with Gasteiger partial charge in [0.25, 0.3) is 0 Å². The van der Waals surface area contributed by atoms with Gasteiger partial charge >= 0.3 is 6.09 Å². The average Bonchev–Trinajstić information content (AvgIpc) is 2.50. The van der Waals surface area contributed by atoms with Gasteiger partial charge in [0.2, 0.25) is 5.91 Å². The number of nitrogens with zero attached hydrogens (tertiary/aromatic N) is 1. The summed E-state index contributed by atoms with van der Waals surface area (Å²) in [4.78, 5) is 19.3. The third-order valence-electron chi connectivity index (χ3n) is 1.00. The molecular weight excluding hydrogens is 230 g/mol. The summed E-state index contributed by atoms with van der Waals surface area (Å²) >= 11 is 2.55. The molecule has 1 aliphatic rings. The van der Waals surface area contributed by atoms with Gasteiger partial charge in [-0.2, -0.15) is 0 Å². The number of carbonyl (C=O) groups excluding carboxylic acids is 1. The van der Waals surface area contributed by atoms with E-state index in [0.29, 0.717) is 10.1 Å². The van der Waals surface area contributed by atoms with Crippen LogP contribution < -0.4 is 11.5 Å². The molecule has 0 aromatic rings. The zero-order chi connectivity index (χ0) is 11.1. The molecule has 14 heavy (non-hydrogen) atoms. The number of hydrogen-bond donors (Lipinski definition) is 4. The molecule has 2 amide bonds. The molecule has 0 aromatic heterocycles. The van der Waals surface area contributed by atoms with Gasteiger partial charge in [0.05, 0.1) is 5.25 Å². The summed E-state index contributed by atoms with van der Waals surface area (Å²) in [6, 6.07) is 0. The molecule has 6 N–H and O–H groups in total. The molecule has 0 aliphatic carbocycles. The van der Waals surface area contributed by atoms with Crippen LogP contribution in [0.4, 0.5) is 4.79 Å². The van der Waals surface area contributed by atoms with Crippen LogP contribution >= 0.6 is 23.5 Å². The molecule has 1 unspecified atom stereocenters. The van der Waals surface area contributed by atoms with Crippen LogP contribution in [0.25, 0.3) is 0 Å². The Balaban J connectivity index is 0.000000364. The number of thioether (sulfide) groups is 2. The van der Waals surface area contributed by atoms with Crippen molar-refractivity contribution in [2.75, 3.05) is 5.75 Å². The maximum Gasteiger partial charge on any atom is 0.402 e. The first kappa shape index (κ1) is 12.9. The van der Waals surface area contributed by atoms with E-state index in [9.17, 15) is 4.79 Å². The van der Waals surface area contributed by atoms with E-state index in [4.69, 9.17) is 20.8 Å². The van der Waals surface area contributed by atoms with Crippen molar-refractivity contribution in [1.82, 2.24) is 0 Å². The van der Waals surface area contributed by atoms with E-state index in [0.717, 1.165) is 0 Å². The molecule has 0 saturated carbocycles. The van der Waals surface area contributed by atoms with Gasteiger partial charge in [-0.15, -0.1) is 0 Å². The van der Waals surface area contributed by atoms with Crippen LogP contribution in [0.5, 0.6) is 0 Å². The van der Waals surface area contributed by atoms with Crippen LogP contribution in [0.3, 0.4) is 0 Å². The van der Waals surface area contributed by atoms with Crippen molar-refractivity contribution in [1.29, 1.82) is 0 Å². The molecule has 0 aromatic carbocycles.